The molecule has 0 aliphatic carbocycles. The van der Waals surface area contributed by atoms with Crippen LogP contribution < -0.4 is 15.4 Å². The zero-order valence-corrected chi connectivity index (χ0v) is 9.34. The maximum absolute atomic E-state index is 5.75. The maximum atomic E-state index is 5.75. The first-order chi connectivity index (χ1) is 8.34. The summed E-state index contributed by atoms with van der Waals surface area (Å²) < 4.78 is 5.61. The first-order valence-electron chi connectivity index (χ1n) is 5.55. The van der Waals surface area contributed by atoms with Crippen LogP contribution in [0.1, 0.15) is 0 Å². The predicted octanol–water partition coefficient (Wildman–Crippen LogP) is 2.19. The van der Waals surface area contributed by atoms with E-state index in [1.165, 1.54) is 0 Å². The van der Waals surface area contributed by atoms with Crippen molar-refractivity contribution < 1.29 is 4.74 Å². The molecule has 2 N–H and O–H groups in total. The van der Waals surface area contributed by atoms with Gasteiger partial charge in [-0.2, -0.15) is 0 Å². The Hall–Kier alpha value is -2.23. The average Bonchev–Trinajstić information content (AvgIpc) is 2.39. The van der Waals surface area contributed by atoms with E-state index in [0.29, 0.717) is 12.3 Å². The fourth-order valence-electron chi connectivity index (χ4n) is 1.99. The maximum Gasteiger partial charge on any atom is 0.145 e. The summed E-state index contributed by atoms with van der Waals surface area (Å²) in [6, 6.07) is 11.6. The third-order valence-corrected chi connectivity index (χ3v) is 2.77. The summed E-state index contributed by atoms with van der Waals surface area (Å²) in [5.41, 5.74) is 7.48. The lowest BCUT2D eigenvalue weighted by molar-refractivity contribution is 0.314. The van der Waals surface area contributed by atoms with Gasteiger partial charge in [-0.15, -0.1) is 0 Å². The quantitative estimate of drug-likeness (QED) is 0.759. The summed E-state index contributed by atoms with van der Waals surface area (Å²) in [6.45, 7) is 1.45. The third kappa shape index (κ3) is 1.78. The van der Waals surface area contributed by atoms with Crippen molar-refractivity contribution in [1.29, 1.82) is 0 Å². The average molecular weight is 227 g/mol. The van der Waals surface area contributed by atoms with Crippen molar-refractivity contribution in [2.24, 2.45) is 0 Å². The third-order valence-electron chi connectivity index (χ3n) is 2.77. The van der Waals surface area contributed by atoms with Gasteiger partial charge in [-0.1, -0.05) is 6.07 Å². The van der Waals surface area contributed by atoms with Crippen molar-refractivity contribution in [2.75, 3.05) is 23.8 Å². The summed E-state index contributed by atoms with van der Waals surface area (Å²) in [4.78, 5) is 6.50. The number of pyridine rings is 1. The van der Waals surface area contributed by atoms with E-state index in [4.69, 9.17) is 10.5 Å². The molecule has 0 saturated carbocycles. The van der Waals surface area contributed by atoms with Gasteiger partial charge in [-0.05, 0) is 24.3 Å². The first kappa shape index (κ1) is 9.96. The number of nitrogen functional groups attached to an aromatic ring is 1. The molecule has 0 saturated heterocycles. The number of rotatable bonds is 1. The summed E-state index contributed by atoms with van der Waals surface area (Å²) in [5, 5.41) is 0. The molecule has 0 unspecified atom stereocenters. The van der Waals surface area contributed by atoms with E-state index in [9.17, 15) is 0 Å². The molecule has 0 fully saturated rings. The molecule has 0 bridgehead atoms. The van der Waals surface area contributed by atoms with Gasteiger partial charge >= 0.3 is 0 Å². The Balaban J connectivity index is 2.06. The Kier molecular flexibility index (Phi) is 2.33. The fraction of sp³-hybridized carbons (Fsp3) is 0.154. The molecular formula is C13H13N3O. The smallest absolute Gasteiger partial charge is 0.145 e. The van der Waals surface area contributed by atoms with Crippen LogP contribution in [-0.4, -0.2) is 18.1 Å². The molecular weight excluding hydrogens is 214 g/mol. The van der Waals surface area contributed by atoms with Crippen LogP contribution >= 0.6 is 0 Å². The highest BCUT2D eigenvalue weighted by atomic mass is 16.5. The highest BCUT2D eigenvalue weighted by Crippen LogP contribution is 2.36. The Morgan fingerprint density at radius 1 is 1.24 bits per heavy atom. The Bertz CT molecular complexity index is 527. The van der Waals surface area contributed by atoms with Gasteiger partial charge < -0.3 is 15.4 Å². The van der Waals surface area contributed by atoms with Gasteiger partial charge in [0.25, 0.3) is 0 Å². The van der Waals surface area contributed by atoms with Gasteiger partial charge in [0.05, 0.1) is 12.2 Å². The van der Waals surface area contributed by atoms with Gasteiger partial charge in [-0.3, -0.25) is 0 Å². The van der Waals surface area contributed by atoms with Crippen molar-refractivity contribution in [3.63, 3.8) is 0 Å². The molecule has 17 heavy (non-hydrogen) atoms. The molecule has 2 aromatic rings. The summed E-state index contributed by atoms with van der Waals surface area (Å²) >= 11 is 0. The highest BCUT2D eigenvalue weighted by Gasteiger charge is 2.19. The van der Waals surface area contributed by atoms with Crippen LogP contribution in [0.5, 0.6) is 5.75 Å². The van der Waals surface area contributed by atoms with Gasteiger partial charge in [-0.25, -0.2) is 4.98 Å². The second kappa shape index (κ2) is 3.97. The SMILES string of the molecule is Nc1ccc2c(c1)OCCN2c1ccccn1. The second-order valence-corrected chi connectivity index (χ2v) is 3.92. The molecule has 2 heterocycles. The number of benzene rings is 1. The van der Waals surface area contributed by atoms with E-state index >= 15 is 0 Å². The van der Waals surface area contributed by atoms with E-state index in [1.807, 2.05) is 36.4 Å². The lowest BCUT2D eigenvalue weighted by atomic mass is 10.2. The Morgan fingerprint density at radius 3 is 3.00 bits per heavy atom. The van der Waals surface area contributed by atoms with Crippen molar-refractivity contribution in [3.05, 3.63) is 42.6 Å². The van der Waals surface area contributed by atoms with Crippen molar-refractivity contribution in [3.8, 4) is 5.75 Å². The Morgan fingerprint density at radius 2 is 2.18 bits per heavy atom. The number of hydrogen-bond acceptors (Lipinski definition) is 4. The molecule has 1 aromatic carbocycles. The molecule has 4 heteroatoms. The van der Waals surface area contributed by atoms with Gasteiger partial charge in [0, 0.05) is 18.0 Å². The van der Waals surface area contributed by atoms with Crippen LogP contribution in [0.3, 0.4) is 0 Å². The minimum absolute atomic E-state index is 0.646. The molecule has 1 aliphatic rings. The lowest BCUT2D eigenvalue weighted by Gasteiger charge is -2.30. The van der Waals surface area contributed by atoms with E-state index in [-0.39, 0.29) is 0 Å². The standard InChI is InChI=1S/C13H13N3O/c14-10-4-5-11-12(9-10)17-8-7-16(11)13-3-1-2-6-15-13/h1-6,9H,7-8,14H2. The number of hydrogen-bond donors (Lipinski definition) is 1. The van der Waals surface area contributed by atoms with Crippen LogP contribution in [0.2, 0.25) is 0 Å². The van der Waals surface area contributed by atoms with Crippen molar-refractivity contribution in [2.45, 2.75) is 0 Å². The van der Waals surface area contributed by atoms with E-state index < -0.39 is 0 Å². The van der Waals surface area contributed by atoms with E-state index in [0.717, 1.165) is 23.8 Å². The van der Waals surface area contributed by atoms with Crippen LogP contribution in [0, 0.1) is 0 Å². The topological polar surface area (TPSA) is 51.4 Å². The molecule has 1 aromatic heterocycles. The van der Waals surface area contributed by atoms with Gasteiger partial charge in [0.15, 0.2) is 0 Å². The number of anilines is 3. The minimum Gasteiger partial charge on any atom is -0.489 e. The van der Waals surface area contributed by atoms with E-state index in [1.54, 1.807) is 6.20 Å². The molecule has 0 spiro atoms. The second-order valence-electron chi connectivity index (χ2n) is 3.92. The predicted molar refractivity (Wildman–Crippen MR) is 67.6 cm³/mol. The molecule has 4 nitrogen and oxygen atoms in total. The highest BCUT2D eigenvalue weighted by molar-refractivity contribution is 5.71. The van der Waals surface area contributed by atoms with Crippen LogP contribution in [0.15, 0.2) is 42.6 Å². The summed E-state index contributed by atoms with van der Waals surface area (Å²) in [7, 11) is 0. The van der Waals surface area contributed by atoms with Gasteiger partial charge in [0.2, 0.25) is 0 Å². The normalized spacial score (nSPS) is 14.0. The number of aromatic nitrogens is 1. The van der Waals surface area contributed by atoms with Crippen LogP contribution in [0.4, 0.5) is 17.2 Å². The number of ether oxygens (including phenoxy) is 1. The number of fused-ring (bicyclic) bond motifs is 1. The van der Waals surface area contributed by atoms with Gasteiger partial charge in [0.1, 0.15) is 18.2 Å². The molecule has 0 amide bonds. The van der Waals surface area contributed by atoms with Crippen molar-refractivity contribution in [1.82, 2.24) is 4.98 Å². The Labute approximate surface area is 99.6 Å². The molecule has 0 atom stereocenters. The van der Waals surface area contributed by atoms with E-state index in [2.05, 4.69) is 9.88 Å². The number of nitrogens with two attached hydrogens (primary N) is 1. The lowest BCUT2D eigenvalue weighted by Crippen LogP contribution is -2.29. The first-order valence-corrected chi connectivity index (χ1v) is 5.55. The largest absolute Gasteiger partial charge is 0.489 e. The minimum atomic E-state index is 0.646. The summed E-state index contributed by atoms with van der Waals surface area (Å²) in [6.07, 6.45) is 1.79. The van der Waals surface area contributed by atoms with Crippen molar-refractivity contribution >= 4 is 17.2 Å². The molecule has 0 radical (unpaired) electrons. The molecule has 3 rings (SSSR count). The zero-order valence-electron chi connectivity index (χ0n) is 9.34. The molecule has 86 valence electrons. The monoisotopic (exact) mass is 227 g/mol. The fourth-order valence-corrected chi connectivity index (χ4v) is 1.99. The van der Waals surface area contributed by atoms with Crippen LogP contribution in [0.25, 0.3) is 0 Å². The number of nitrogens with zero attached hydrogens (tertiary/aromatic N) is 2. The molecule has 1 aliphatic heterocycles. The zero-order chi connectivity index (χ0) is 11.7. The van der Waals surface area contributed by atoms with Crippen LogP contribution in [-0.2, 0) is 0 Å². The summed E-state index contributed by atoms with van der Waals surface area (Å²) in [5.74, 6) is 1.75.